The third kappa shape index (κ3) is 131. The fourth-order valence-electron chi connectivity index (χ4n) is 0. The molecular formula is C4H12S2. The van der Waals surface area contributed by atoms with E-state index in [1.165, 1.54) is 6.42 Å². The minimum Gasteiger partial charge on any atom is -0.169 e. The molecule has 0 aliphatic carbocycles. The lowest BCUT2D eigenvalue weighted by molar-refractivity contribution is 1.09. The van der Waals surface area contributed by atoms with Crippen molar-refractivity contribution in [1.82, 2.24) is 0 Å². The van der Waals surface area contributed by atoms with Gasteiger partial charge in [-0.1, -0.05) is 20.3 Å². The van der Waals surface area contributed by atoms with E-state index in [4.69, 9.17) is 0 Å². The Morgan fingerprint density at radius 1 is 1.17 bits per heavy atom. The van der Waals surface area contributed by atoms with Crippen molar-refractivity contribution < 1.29 is 0 Å². The molecule has 0 aromatic rings. The summed E-state index contributed by atoms with van der Waals surface area (Å²) in [5.41, 5.74) is 0. The van der Waals surface area contributed by atoms with Gasteiger partial charge in [0.1, 0.15) is 0 Å². The van der Waals surface area contributed by atoms with Gasteiger partial charge in [0.25, 0.3) is 0 Å². The lowest BCUT2D eigenvalue weighted by Gasteiger charge is -1.49. The molecule has 0 heterocycles. The van der Waals surface area contributed by atoms with Crippen LogP contribution in [0, 0.1) is 0 Å². The first-order chi connectivity index (χ1) is 2.83. The van der Waals surface area contributed by atoms with E-state index in [1.807, 2.05) is 0 Å². The Balaban J connectivity index is 0. The van der Waals surface area contributed by atoms with Crippen LogP contribution in [-0.2, 0) is 0 Å². The van der Waals surface area contributed by atoms with E-state index in [0.717, 1.165) is 0 Å². The average molecular weight is 124 g/mol. The zero-order valence-electron chi connectivity index (χ0n) is 4.31. The first-order valence-electron chi connectivity index (χ1n) is 2.05. The average Bonchev–Trinajstić information content (AvgIpc) is 1.39. The van der Waals surface area contributed by atoms with Gasteiger partial charge in [0.05, 0.1) is 0 Å². The minimum absolute atomic E-state index is 0.639. The monoisotopic (exact) mass is 124 g/mol. The predicted molar refractivity (Wildman–Crippen MR) is 38.8 cm³/mol. The Morgan fingerprint density at radius 2 is 1.17 bits per heavy atom. The summed E-state index contributed by atoms with van der Waals surface area (Å²) < 4.78 is 0. The van der Waals surface area contributed by atoms with Crippen molar-refractivity contribution in [3.05, 3.63) is 0 Å². The number of hydrogen-bond acceptors (Lipinski definition) is 2. The van der Waals surface area contributed by atoms with Gasteiger partial charge in [-0.15, -0.1) is 0 Å². The van der Waals surface area contributed by atoms with E-state index in [0.29, 0.717) is 5.08 Å². The molecule has 0 N–H and O–H groups in total. The molecule has 0 bridgehead atoms. The maximum absolute atomic E-state index is 3.65. The molecule has 0 saturated heterocycles. The SMILES string of the molecule is CCC.SCS. The molecule has 0 amide bonds. The van der Waals surface area contributed by atoms with E-state index in [1.54, 1.807) is 0 Å². The van der Waals surface area contributed by atoms with Gasteiger partial charge >= 0.3 is 0 Å². The maximum atomic E-state index is 3.65. The van der Waals surface area contributed by atoms with Crippen LogP contribution in [0.1, 0.15) is 20.3 Å². The highest BCUT2D eigenvalue weighted by molar-refractivity contribution is 7.97. The van der Waals surface area contributed by atoms with Crippen molar-refractivity contribution in [2.45, 2.75) is 20.3 Å². The highest BCUT2D eigenvalue weighted by atomic mass is 32.2. The van der Waals surface area contributed by atoms with Crippen molar-refractivity contribution in [3.63, 3.8) is 0 Å². The molecule has 0 rings (SSSR count). The largest absolute Gasteiger partial charge is 0.169 e. The topological polar surface area (TPSA) is 0 Å². The molecule has 0 spiro atoms. The van der Waals surface area contributed by atoms with Gasteiger partial charge in [0.15, 0.2) is 0 Å². The van der Waals surface area contributed by atoms with Crippen LogP contribution in [0.4, 0.5) is 0 Å². The molecule has 0 nitrogen and oxygen atoms in total. The van der Waals surface area contributed by atoms with Gasteiger partial charge in [0.2, 0.25) is 0 Å². The summed E-state index contributed by atoms with van der Waals surface area (Å²) >= 11 is 7.31. The summed E-state index contributed by atoms with van der Waals surface area (Å²) in [4.78, 5) is 0. The summed E-state index contributed by atoms with van der Waals surface area (Å²) in [6.45, 7) is 4.25. The van der Waals surface area contributed by atoms with Crippen molar-refractivity contribution in [2.75, 3.05) is 5.08 Å². The Bertz CT molecular complexity index is 7.51. The number of thiol groups is 2. The lowest BCUT2D eigenvalue weighted by atomic mass is 10.6. The second-order valence-electron chi connectivity index (χ2n) is 0.849. The van der Waals surface area contributed by atoms with Gasteiger partial charge < -0.3 is 0 Å². The van der Waals surface area contributed by atoms with Gasteiger partial charge in [-0.2, -0.15) is 25.3 Å². The van der Waals surface area contributed by atoms with Crippen LogP contribution >= 0.6 is 25.3 Å². The summed E-state index contributed by atoms with van der Waals surface area (Å²) in [5.74, 6) is 0. The summed E-state index contributed by atoms with van der Waals surface area (Å²) in [6.07, 6.45) is 1.25. The molecule has 0 aliphatic heterocycles. The summed E-state index contributed by atoms with van der Waals surface area (Å²) in [6, 6.07) is 0. The quantitative estimate of drug-likeness (QED) is 0.359. The molecule has 2 heteroatoms. The molecule has 0 aromatic carbocycles. The Kier molecular flexibility index (Phi) is 28.4. The van der Waals surface area contributed by atoms with Crippen LogP contribution in [0.25, 0.3) is 0 Å². The van der Waals surface area contributed by atoms with E-state index in [-0.39, 0.29) is 0 Å². The Hall–Kier alpha value is 0.700. The number of rotatable bonds is 0. The predicted octanol–water partition coefficient (Wildman–Crippen LogP) is 2.22. The van der Waals surface area contributed by atoms with E-state index < -0.39 is 0 Å². The highest BCUT2D eigenvalue weighted by Crippen LogP contribution is 1.70. The molecule has 0 aliphatic rings. The third-order valence-electron chi connectivity index (χ3n) is 0. The van der Waals surface area contributed by atoms with Crippen LogP contribution in [0.2, 0.25) is 0 Å². The van der Waals surface area contributed by atoms with E-state index >= 15 is 0 Å². The smallest absolute Gasteiger partial charge is 0.0331 e. The summed E-state index contributed by atoms with van der Waals surface area (Å²) in [5, 5.41) is 0.639. The molecule has 0 aromatic heterocycles. The van der Waals surface area contributed by atoms with Gasteiger partial charge in [-0.25, -0.2) is 0 Å². The molecule has 0 saturated carbocycles. The third-order valence-corrected chi connectivity index (χ3v) is 0. The van der Waals surface area contributed by atoms with E-state index in [9.17, 15) is 0 Å². The highest BCUT2D eigenvalue weighted by Gasteiger charge is 1.35. The second-order valence-corrected chi connectivity index (χ2v) is 1.98. The van der Waals surface area contributed by atoms with Crippen molar-refractivity contribution in [3.8, 4) is 0 Å². The normalized spacial score (nSPS) is 6.00. The van der Waals surface area contributed by atoms with Crippen LogP contribution < -0.4 is 0 Å². The molecule has 0 radical (unpaired) electrons. The summed E-state index contributed by atoms with van der Waals surface area (Å²) in [7, 11) is 0. The fourth-order valence-corrected chi connectivity index (χ4v) is 0. The van der Waals surface area contributed by atoms with Crippen molar-refractivity contribution in [2.24, 2.45) is 0 Å². The standard InChI is InChI=1S/C3H8.CH4S2/c1-3-2;2-1-3/h3H2,1-2H3;2-3H,1H2. The molecule has 40 valence electrons. The van der Waals surface area contributed by atoms with Gasteiger partial charge in [-0.3, -0.25) is 0 Å². The fraction of sp³-hybridized carbons (Fsp3) is 1.00. The minimum atomic E-state index is 0.639. The van der Waals surface area contributed by atoms with Crippen LogP contribution in [0.3, 0.4) is 0 Å². The molecule has 0 fully saturated rings. The molecular weight excluding hydrogens is 112 g/mol. The van der Waals surface area contributed by atoms with Crippen LogP contribution in [0.15, 0.2) is 0 Å². The van der Waals surface area contributed by atoms with Crippen molar-refractivity contribution in [1.29, 1.82) is 0 Å². The van der Waals surface area contributed by atoms with Crippen LogP contribution in [0.5, 0.6) is 0 Å². The zero-order chi connectivity index (χ0) is 5.41. The molecule has 6 heavy (non-hydrogen) atoms. The Morgan fingerprint density at radius 3 is 1.17 bits per heavy atom. The van der Waals surface area contributed by atoms with Gasteiger partial charge in [0, 0.05) is 5.08 Å². The molecule has 0 atom stereocenters. The molecule has 0 unspecified atom stereocenters. The lowest BCUT2D eigenvalue weighted by Crippen LogP contribution is -1.27. The maximum Gasteiger partial charge on any atom is 0.0331 e. The number of hydrogen-bond donors (Lipinski definition) is 2. The van der Waals surface area contributed by atoms with Crippen LogP contribution in [-0.4, -0.2) is 5.08 Å². The zero-order valence-corrected chi connectivity index (χ0v) is 6.10. The first kappa shape index (κ1) is 9.85. The van der Waals surface area contributed by atoms with Crippen molar-refractivity contribution >= 4 is 25.3 Å². The second kappa shape index (κ2) is 17.3. The first-order valence-corrected chi connectivity index (χ1v) is 3.31. The van der Waals surface area contributed by atoms with E-state index in [2.05, 4.69) is 39.1 Å². The Labute approximate surface area is 51.2 Å². The van der Waals surface area contributed by atoms with Gasteiger partial charge in [-0.05, 0) is 0 Å².